The van der Waals surface area contributed by atoms with Gasteiger partial charge in [-0.15, -0.1) is 10.2 Å². The summed E-state index contributed by atoms with van der Waals surface area (Å²) in [5.41, 5.74) is 4.68. The van der Waals surface area contributed by atoms with Crippen molar-refractivity contribution in [2.45, 2.75) is 30.9 Å². The van der Waals surface area contributed by atoms with Gasteiger partial charge in [0.15, 0.2) is 10.9 Å². The number of amides is 1. The van der Waals surface area contributed by atoms with E-state index in [-0.39, 0.29) is 12.5 Å². The van der Waals surface area contributed by atoms with Crippen LogP contribution in [0.15, 0.2) is 46.8 Å². The van der Waals surface area contributed by atoms with Crippen molar-refractivity contribution < 1.29 is 9.53 Å². The zero-order chi connectivity index (χ0) is 19.2. The van der Waals surface area contributed by atoms with Crippen molar-refractivity contribution in [3.05, 3.63) is 64.7 Å². The predicted molar refractivity (Wildman–Crippen MR) is 111 cm³/mol. The quantitative estimate of drug-likeness (QED) is 0.458. The third-order valence-electron chi connectivity index (χ3n) is 3.70. The summed E-state index contributed by atoms with van der Waals surface area (Å²) in [5.74, 6) is 1.26. The third kappa shape index (κ3) is 6.08. The maximum atomic E-state index is 12.1. The normalized spacial score (nSPS) is 10.6. The number of carbonyl (C=O) groups excluding carboxylic acids is 1. The van der Waals surface area contributed by atoms with Crippen molar-refractivity contribution in [2.24, 2.45) is 0 Å². The molecule has 0 unspecified atom stereocenters. The highest BCUT2D eigenvalue weighted by Gasteiger charge is 2.10. The molecule has 0 saturated carbocycles. The van der Waals surface area contributed by atoms with Gasteiger partial charge in [-0.1, -0.05) is 59.0 Å². The van der Waals surface area contributed by atoms with Crippen LogP contribution in [0.5, 0.6) is 5.75 Å². The monoisotopic (exact) mass is 399 g/mol. The van der Waals surface area contributed by atoms with Crippen LogP contribution < -0.4 is 10.1 Å². The Labute approximate surface area is 167 Å². The average molecular weight is 400 g/mol. The van der Waals surface area contributed by atoms with Crippen LogP contribution in [0.25, 0.3) is 0 Å². The molecule has 1 N–H and O–H groups in total. The fourth-order valence-electron chi connectivity index (χ4n) is 2.47. The molecule has 5 nitrogen and oxygen atoms in total. The van der Waals surface area contributed by atoms with Gasteiger partial charge in [-0.05, 0) is 49.6 Å². The number of hydrogen-bond acceptors (Lipinski definition) is 6. The molecule has 7 heteroatoms. The minimum absolute atomic E-state index is 0.0612. The molecule has 1 heterocycles. The Morgan fingerprint density at radius 1 is 1.04 bits per heavy atom. The van der Waals surface area contributed by atoms with Gasteiger partial charge in [-0.2, -0.15) is 0 Å². The molecule has 0 bridgehead atoms. The van der Waals surface area contributed by atoms with Gasteiger partial charge in [0, 0.05) is 5.75 Å². The highest BCUT2D eigenvalue weighted by Crippen LogP contribution is 2.28. The molecule has 3 aromatic rings. The van der Waals surface area contributed by atoms with E-state index in [2.05, 4.69) is 52.8 Å². The minimum atomic E-state index is -0.250. The molecule has 2 aromatic carbocycles. The summed E-state index contributed by atoms with van der Waals surface area (Å²) in [7, 11) is 0. The van der Waals surface area contributed by atoms with Crippen LogP contribution in [0, 0.1) is 20.8 Å². The molecule has 0 aliphatic carbocycles. The van der Waals surface area contributed by atoms with Crippen molar-refractivity contribution in [3.63, 3.8) is 0 Å². The van der Waals surface area contributed by atoms with Gasteiger partial charge in [0.25, 0.3) is 5.91 Å². The molecular weight excluding hydrogens is 378 g/mol. The molecule has 0 radical (unpaired) electrons. The van der Waals surface area contributed by atoms with Crippen molar-refractivity contribution in [3.8, 4) is 5.75 Å². The fourth-order valence-corrected chi connectivity index (χ4v) is 4.19. The highest BCUT2D eigenvalue weighted by molar-refractivity contribution is 8.00. The number of benzene rings is 2. The van der Waals surface area contributed by atoms with E-state index in [9.17, 15) is 4.79 Å². The molecule has 27 heavy (non-hydrogen) atoms. The smallest absolute Gasteiger partial charge is 0.264 e. The molecule has 1 aromatic heterocycles. The summed E-state index contributed by atoms with van der Waals surface area (Å²) in [6, 6.07) is 14.3. The lowest BCUT2D eigenvalue weighted by atomic mass is 10.1. The van der Waals surface area contributed by atoms with Gasteiger partial charge in [0.05, 0.1) is 0 Å². The van der Waals surface area contributed by atoms with Gasteiger partial charge in [0.1, 0.15) is 5.75 Å². The molecule has 0 atom stereocenters. The Morgan fingerprint density at radius 3 is 2.44 bits per heavy atom. The number of anilines is 1. The molecule has 0 saturated heterocycles. The van der Waals surface area contributed by atoms with Gasteiger partial charge >= 0.3 is 0 Å². The SMILES string of the molecule is Cc1ccc(CSc2nnc(NC(=O)COc3cc(C)cc(C)c3)s2)cc1. The number of nitrogens with one attached hydrogen (secondary N) is 1. The van der Waals surface area contributed by atoms with Crippen LogP contribution in [-0.4, -0.2) is 22.7 Å². The van der Waals surface area contributed by atoms with Crippen LogP contribution in [0.2, 0.25) is 0 Å². The first-order valence-corrected chi connectivity index (χ1v) is 10.3. The molecule has 0 fully saturated rings. The fraction of sp³-hybridized carbons (Fsp3) is 0.250. The largest absolute Gasteiger partial charge is 0.484 e. The average Bonchev–Trinajstić information content (AvgIpc) is 3.06. The third-order valence-corrected chi connectivity index (χ3v) is 5.74. The van der Waals surface area contributed by atoms with Gasteiger partial charge in [0.2, 0.25) is 5.13 Å². The lowest BCUT2D eigenvalue weighted by Crippen LogP contribution is -2.20. The molecule has 0 aliphatic heterocycles. The van der Waals surface area contributed by atoms with E-state index in [0.29, 0.717) is 10.9 Å². The summed E-state index contributed by atoms with van der Waals surface area (Å²) < 4.78 is 6.38. The van der Waals surface area contributed by atoms with Gasteiger partial charge in [-0.25, -0.2) is 0 Å². The summed E-state index contributed by atoms with van der Waals surface area (Å²) in [5, 5.41) is 11.4. The first kappa shape index (κ1) is 19.4. The topological polar surface area (TPSA) is 64.1 Å². The van der Waals surface area contributed by atoms with E-state index in [4.69, 9.17) is 4.74 Å². The van der Waals surface area contributed by atoms with E-state index >= 15 is 0 Å². The second-order valence-electron chi connectivity index (χ2n) is 6.31. The number of hydrogen-bond donors (Lipinski definition) is 1. The standard InChI is InChI=1S/C20H21N3O2S2/c1-13-4-6-16(7-5-13)12-26-20-23-22-19(27-20)21-18(24)11-25-17-9-14(2)8-15(3)10-17/h4-10H,11-12H2,1-3H3,(H,21,22,24). The van der Waals surface area contributed by atoms with Crippen LogP contribution in [0.3, 0.4) is 0 Å². The number of rotatable bonds is 7. The van der Waals surface area contributed by atoms with E-state index < -0.39 is 0 Å². The Hall–Kier alpha value is -2.38. The van der Waals surface area contributed by atoms with E-state index in [1.54, 1.807) is 11.8 Å². The second kappa shape index (κ2) is 9.01. The Kier molecular flexibility index (Phi) is 6.47. The molecule has 140 valence electrons. The number of carbonyl (C=O) groups is 1. The van der Waals surface area contributed by atoms with Crippen LogP contribution in [-0.2, 0) is 10.5 Å². The molecule has 0 aliphatic rings. The Bertz CT molecular complexity index is 903. The summed E-state index contributed by atoms with van der Waals surface area (Å²) in [6.45, 7) is 6.00. The van der Waals surface area contributed by atoms with E-state index in [1.807, 2.05) is 26.0 Å². The van der Waals surface area contributed by atoms with Crippen molar-refractivity contribution in [1.29, 1.82) is 0 Å². The molecule has 3 rings (SSSR count). The number of aromatic nitrogens is 2. The zero-order valence-electron chi connectivity index (χ0n) is 15.5. The van der Waals surface area contributed by atoms with Gasteiger partial charge < -0.3 is 4.74 Å². The zero-order valence-corrected chi connectivity index (χ0v) is 17.1. The maximum absolute atomic E-state index is 12.1. The molecule has 0 spiro atoms. The number of ether oxygens (including phenoxy) is 1. The minimum Gasteiger partial charge on any atom is -0.484 e. The summed E-state index contributed by atoms with van der Waals surface area (Å²) >= 11 is 2.97. The molecule has 1 amide bonds. The maximum Gasteiger partial charge on any atom is 0.264 e. The van der Waals surface area contributed by atoms with Crippen molar-refractivity contribution >= 4 is 34.1 Å². The van der Waals surface area contributed by atoms with Gasteiger partial charge in [-0.3, -0.25) is 10.1 Å². The number of nitrogens with zero attached hydrogens (tertiary/aromatic N) is 2. The number of aryl methyl sites for hydroxylation is 3. The Balaban J connectivity index is 1.48. The lowest BCUT2D eigenvalue weighted by molar-refractivity contribution is -0.118. The van der Waals surface area contributed by atoms with Crippen LogP contribution in [0.1, 0.15) is 22.3 Å². The highest BCUT2D eigenvalue weighted by atomic mass is 32.2. The van der Waals surface area contributed by atoms with E-state index in [1.165, 1.54) is 22.5 Å². The van der Waals surface area contributed by atoms with Crippen LogP contribution in [0.4, 0.5) is 5.13 Å². The first-order chi connectivity index (χ1) is 13.0. The lowest BCUT2D eigenvalue weighted by Gasteiger charge is -2.07. The molecular formula is C20H21N3O2S2. The number of thioether (sulfide) groups is 1. The Morgan fingerprint density at radius 2 is 1.74 bits per heavy atom. The predicted octanol–water partition coefficient (Wildman–Crippen LogP) is 4.77. The summed E-state index contributed by atoms with van der Waals surface area (Å²) in [4.78, 5) is 12.1. The first-order valence-electron chi connectivity index (χ1n) is 8.51. The van der Waals surface area contributed by atoms with Crippen molar-refractivity contribution in [1.82, 2.24) is 10.2 Å². The van der Waals surface area contributed by atoms with Crippen LogP contribution >= 0.6 is 23.1 Å². The second-order valence-corrected chi connectivity index (χ2v) is 8.51. The van der Waals surface area contributed by atoms with E-state index in [0.717, 1.165) is 21.2 Å². The summed E-state index contributed by atoms with van der Waals surface area (Å²) in [6.07, 6.45) is 0. The van der Waals surface area contributed by atoms with Crippen molar-refractivity contribution in [2.75, 3.05) is 11.9 Å².